The van der Waals surface area contributed by atoms with Crippen LogP contribution in [0.3, 0.4) is 0 Å². The number of anilines is 4. The Labute approximate surface area is 247 Å². The van der Waals surface area contributed by atoms with E-state index < -0.39 is 0 Å². The molecule has 4 aromatic rings. The van der Waals surface area contributed by atoms with Crippen molar-refractivity contribution in [3.05, 3.63) is 59.0 Å². The van der Waals surface area contributed by atoms with Crippen LogP contribution < -0.4 is 30.1 Å². The largest absolute Gasteiger partial charge is 0.497 e. The number of piperazine rings is 1. The van der Waals surface area contributed by atoms with Gasteiger partial charge in [0.1, 0.15) is 11.1 Å². The van der Waals surface area contributed by atoms with Crippen LogP contribution >= 0.6 is 0 Å². The SMILES string of the molecule is COc1cc(Nc2ncc3c(=O)n4n(c3n2)-c2ccc3c(n2)N(CCC/C=C\C4)C(=O)CO3)cc(N2CCN(C)CC2)c1. The number of aromatic nitrogens is 5. The molecule has 2 bridgehead atoms. The van der Waals surface area contributed by atoms with E-state index >= 15 is 0 Å². The highest BCUT2D eigenvalue weighted by atomic mass is 16.5. The second kappa shape index (κ2) is 11.1. The topological polar surface area (TPSA) is 123 Å². The maximum absolute atomic E-state index is 13.6. The van der Waals surface area contributed by atoms with Crippen LogP contribution in [0, 0.1) is 0 Å². The van der Waals surface area contributed by atoms with Crippen LogP contribution in [0.4, 0.5) is 23.1 Å². The number of likely N-dealkylation sites (N-methyl/N-ethyl adjacent to an activating group) is 1. The van der Waals surface area contributed by atoms with Crippen molar-refractivity contribution in [3.8, 4) is 17.3 Å². The van der Waals surface area contributed by atoms with Gasteiger partial charge in [-0.2, -0.15) is 4.98 Å². The fourth-order valence-electron chi connectivity index (χ4n) is 5.71. The fourth-order valence-corrected chi connectivity index (χ4v) is 5.71. The highest BCUT2D eigenvalue weighted by Gasteiger charge is 2.28. The molecule has 0 aliphatic carbocycles. The van der Waals surface area contributed by atoms with Gasteiger partial charge in [0, 0.05) is 62.4 Å². The van der Waals surface area contributed by atoms with Crippen LogP contribution in [0.15, 0.2) is 53.5 Å². The van der Waals surface area contributed by atoms with Crippen molar-refractivity contribution in [2.24, 2.45) is 0 Å². The average molecular weight is 584 g/mol. The predicted molar refractivity (Wildman–Crippen MR) is 163 cm³/mol. The third-order valence-corrected chi connectivity index (χ3v) is 8.07. The molecule has 1 fully saturated rings. The van der Waals surface area contributed by atoms with Gasteiger partial charge in [0.2, 0.25) is 5.95 Å². The molecule has 0 radical (unpaired) electrons. The van der Waals surface area contributed by atoms with Crippen LogP contribution in [-0.4, -0.2) is 88.6 Å². The summed E-state index contributed by atoms with van der Waals surface area (Å²) < 4.78 is 14.5. The Balaban J connectivity index is 1.31. The number of carbonyl (C=O) groups is 1. The number of hydrogen-bond donors (Lipinski definition) is 1. The summed E-state index contributed by atoms with van der Waals surface area (Å²) in [6.45, 7) is 4.64. The summed E-state index contributed by atoms with van der Waals surface area (Å²) >= 11 is 0. The number of hydrogen-bond acceptors (Lipinski definition) is 10. The Kier molecular flexibility index (Phi) is 6.93. The van der Waals surface area contributed by atoms with Crippen molar-refractivity contribution >= 4 is 40.1 Å². The zero-order chi connectivity index (χ0) is 29.5. The maximum Gasteiger partial charge on any atom is 0.278 e. The first-order chi connectivity index (χ1) is 21.0. The van der Waals surface area contributed by atoms with E-state index in [-0.39, 0.29) is 18.1 Å². The number of nitrogens with one attached hydrogen (secondary N) is 1. The zero-order valence-corrected chi connectivity index (χ0v) is 24.2. The number of methoxy groups -OCH3 is 1. The van der Waals surface area contributed by atoms with E-state index in [1.165, 1.54) is 0 Å². The lowest BCUT2D eigenvalue weighted by molar-refractivity contribution is -0.121. The molecule has 7 rings (SSSR count). The second-order valence-corrected chi connectivity index (χ2v) is 10.9. The molecular formula is C30H33N9O4. The van der Waals surface area contributed by atoms with Gasteiger partial charge in [-0.25, -0.2) is 19.3 Å². The molecule has 3 aliphatic rings. The van der Waals surface area contributed by atoms with Crippen molar-refractivity contribution in [1.82, 2.24) is 29.2 Å². The molecule has 0 atom stereocenters. The van der Waals surface area contributed by atoms with Crippen molar-refractivity contribution in [2.45, 2.75) is 19.4 Å². The lowest BCUT2D eigenvalue weighted by atomic mass is 10.2. The number of nitrogens with zero attached hydrogens (tertiary/aromatic N) is 8. The predicted octanol–water partition coefficient (Wildman–Crippen LogP) is 2.56. The number of allylic oxidation sites excluding steroid dienone is 2. The standard InChI is InChI=1S/C30H33N9O4/c1-35-11-13-36(14-12-35)21-15-20(16-22(17-21)42-2)32-30-31-18-23-27(34-30)39-25-8-7-24-28(33-25)37(26(40)19-43-24)9-5-3-4-6-10-38(39)29(23)41/h4,6-8,15-18H,3,5,9-14,19H2,1-2H3,(H,31,32,34)/b6-4-. The number of pyridine rings is 1. The Hall–Kier alpha value is -4.91. The van der Waals surface area contributed by atoms with E-state index in [2.05, 4.69) is 33.2 Å². The zero-order valence-electron chi connectivity index (χ0n) is 24.2. The molecule has 3 aromatic heterocycles. The number of rotatable bonds is 4. The normalized spacial score (nSPS) is 18.0. The summed E-state index contributed by atoms with van der Waals surface area (Å²) in [5.41, 5.74) is 1.99. The molecule has 0 unspecified atom stereocenters. The van der Waals surface area contributed by atoms with Gasteiger partial charge in [-0.1, -0.05) is 12.2 Å². The van der Waals surface area contributed by atoms with Gasteiger partial charge in [-0.3, -0.25) is 14.5 Å². The smallest absolute Gasteiger partial charge is 0.278 e. The highest BCUT2D eigenvalue weighted by molar-refractivity contribution is 5.96. The molecule has 1 saturated heterocycles. The van der Waals surface area contributed by atoms with Gasteiger partial charge >= 0.3 is 0 Å². The van der Waals surface area contributed by atoms with Crippen LogP contribution in [0.1, 0.15) is 12.8 Å². The first kappa shape index (κ1) is 27.0. The highest BCUT2D eigenvalue weighted by Crippen LogP contribution is 2.33. The lowest BCUT2D eigenvalue weighted by Crippen LogP contribution is -2.44. The van der Waals surface area contributed by atoms with E-state index in [0.29, 0.717) is 47.5 Å². The quantitative estimate of drug-likeness (QED) is 0.359. The van der Waals surface area contributed by atoms with Gasteiger partial charge in [-0.05, 0) is 38.1 Å². The second-order valence-electron chi connectivity index (χ2n) is 10.9. The summed E-state index contributed by atoms with van der Waals surface area (Å²) in [7, 11) is 3.78. The minimum atomic E-state index is -0.231. The first-order valence-electron chi connectivity index (χ1n) is 14.5. The number of amides is 1. The molecule has 1 aromatic carbocycles. The first-order valence-corrected chi connectivity index (χ1v) is 14.5. The number of carbonyl (C=O) groups excluding carboxylic acids is 1. The fraction of sp³-hybridized carbons (Fsp3) is 0.367. The van der Waals surface area contributed by atoms with Gasteiger partial charge < -0.3 is 24.6 Å². The van der Waals surface area contributed by atoms with Crippen molar-refractivity contribution < 1.29 is 14.3 Å². The lowest BCUT2D eigenvalue weighted by Gasteiger charge is -2.34. The van der Waals surface area contributed by atoms with E-state index in [1.54, 1.807) is 39.7 Å². The number of fused-ring (bicyclic) bond motifs is 5. The molecule has 3 aliphatic heterocycles. The van der Waals surface area contributed by atoms with E-state index in [4.69, 9.17) is 19.4 Å². The van der Waals surface area contributed by atoms with Crippen LogP contribution in [0.25, 0.3) is 16.9 Å². The third kappa shape index (κ3) is 5.05. The minimum absolute atomic E-state index is 0.0237. The van der Waals surface area contributed by atoms with Gasteiger partial charge in [0.25, 0.3) is 11.5 Å². The van der Waals surface area contributed by atoms with Crippen LogP contribution in [0.5, 0.6) is 11.5 Å². The molecule has 13 heteroatoms. The summed E-state index contributed by atoms with van der Waals surface area (Å²) in [5.74, 6) is 2.33. The molecule has 0 spiro atoms. The molecular weight excluding hydrogens is 550 g/mol. The summed E-state index contributed by atoms with van der Waals surface area (Å²) in [4.78, 5) is 46.8. The molecule has 6 heterocycles. The molecule has 222 valence electrons. The van der Waals surface area contributed by atoms with Gasteiger partial charge in [0.15, 0.2) is 29.6 Å². The summed E-state index contributed by atoms with van der Waals surface area (Å²) in [6.07, 6.45) is 7.06. The summed E-state index contributed by atoms with van der Waals surface area (Å²) in [6, 6.07) is 9.54. The van der Waals surface area contributed by atoms with Crippen molar-refractivity contribution in [1.29, 1.82) is 0 Å². The van der Waals surface area contributed by atoms with Gasteiger partial charge in [-0.15, -0.1) is 0 Å². The van der Waals surface area contributed by atoms with Crippen molar-refractivity contribution in [3.63, 3.8) is 0 Å². The average Bonchev–Trinajstić information content (AvgIpc) is 3.29. The molecule has 13 nitrogen and oxygen atoms in total. The minimum Gasteiger partial charge on any atom is -0.497 e. The van der Waals surface area contributed by atoms with E-state index in [9.17, 15) is 9.59 Å². The molecule has 0 saturated carbocycles. The Bertz CT molecular complexity index is 1790. The van der Waals surface area contributed by atoms with Crippen molar-refractivity contribution in [2.75, 3.05) is 68.6 Å². The Morgan fingerprint density at radius 2 is 1.86 bits per heavy atom. The van der Waals surface area contributed by atoms with Gasteiger partial charge in [0.05, 0.1) is 13.7 Å². The maximum atomic E-state index is 13.6. The third-order valence-electron chi connectivity index (χ3n) is 8.07. The number of ether oxygens (including phenoxy) is 2. The number of benzene rings is 1. The Morgan fingerprint density at radius 1 is 1.00 bits per heavy atom. The van der Waals surface area contributed by atoms with Crippen LogP contribution in [-0.2, 0) is 11.3 Å². The van der Waals surface area contributed by atoms with Crippen LogP contribution in [0.2, 0.25) is 0 Å². The monoisotopic (exact) mass is 583 g/mol. The summed E-state index contributed by atoms with van der Waals surface area (Å²) in [5, 5.41) is 3.68. The Morgan fingerprint density at radius 3 is 2.70 bits per heavy atom. The molecule has 1 amide bonds. The van der Waals surface area contributed by atoms with E-state index in [0.717, 1.165) is 56.1 Å². The molecule has 1 N–H and O–H groups in total. The molecule has 43 heavy (non-hydrogen) atoms. The van der Waals surface area contributed by atoms with E-state index in [1.807, 2.05) is 24.3 Å².